The SMILES string of the molecule is COc1ccc([C@@H]2SCC(=O)Nc3c2c(-c2ccccc2)nn3-c2ccccc2)cc1. The number of aromatic nitrogens is 2. The molecule has 0 spiro atoms. The van der Waals surface area contributed by atoms with Crippen molar-refractivity contribution in [1.82, 2.24) is 9.78 Å². The molecule has 1 atom stereocenters. The first-order valence-electron chi connectivity index (χ1n) is 10.0. The largest absolute Gasteiger partial charge is 0.497 e. The van der Waals surface area contributed by atoms with Crippen molar-refractivity contribution in [3.05, 3.63) is 96.1 Å². The molecule has 2 heterocycles. The summed E-state index contributed by atoms with van der Waals surface area (Å²) in [6, 6.07) is 28.1. The van der Waals surface area contributed by atoms with Crippen molar-refractivity contribution in [2.24, 2.45) is 0 Å². The van der Waals surface area contributed by atoms with Gasteiger partial charge in [0.2, 0.25) is 5.91 Å². The second-order valence-corrected chi connectivity index (χ2v) is 8.33. The lowest BCUT2D eigenvalue weighted by molar-refractivity contribution is -0.113. The van der Waals surface area contributed by atoms with Crippen molar-refractivity contribution in [3.63, 3.8) is 0 Å². The lowest BCUT2D eigenvalue weighted by atomic mass is 10.00. The Morgan fingerprint density at radius 1 is 0.968 bits per heavy atom. The molecule has 0 aliphatic carbocycles. The molecule has 1 amide bonds. The molecule has 6 heteroatoms. The van der Waals surface area contributed by atoms with E-state index in [1.807, 2.05) is 65.3 Å². The first-order valence-corrected chi connectivity index (χ1v) is 11.1. The van der Waals surface area contributed by atoms with E-state index in [1.54, 1.807) is 18.9 Å². The summed E-state index contributed by atoms with van der Waals surface area (Å²) in [5, 5.41) is 8.05. The second-order valence-electron chi connectivity index (χ2n) is 7.24. The van der Waals surface area contributed by atoms with Crippen molar-refractivity contribution < 1.29 is 9.53 Å². The summed E-state index contributed by atoms with van der Waals surface area (Å²) in [5.41, 5.74) is 4.91. The number of carbonyl (C=O) groups excluding carboxylic acids is 1. The molecule has 31 heavy (non-hydrogen) atoms. The van der Waals surface area contributed by atoms with Crippen LogP contribution in [0.1, 0.15) is 16.4 Å². The molecule has 154 valence electrons. The van der Waals surface area contributed by atoms with Gasteiger partial charge in [-0.2, -0.15) is 5.10 Å². The Labute approximate surface area is 185 Å². The Hall–Kier alpha value is -3.51. The van der Waals surface area contributed by atoms with Gasteiger partial charge in [0, 0.05) is 11.1 Å². The Bertz CT molecular complexity index is 1210. The standard InChI is InChI=1S/C25H21N3O2S/c1-30-20-14-12-18(13-15-20)24-22-23(17-8-4-2-5-9-17)27-28(19-10-6-3-7-11-19)25(22)26-21(29)16-31-24/h2-15,24H,16H2,1H3,(H,26,29)/t24-/m0/s1. The molecule has 0 radical (unpaired) electrons. The highest BCUT2D eigenvalue weighted by molar-refractivity contribution is 8.00. The third-order valence-electron chi connectivity index (χ3n) is 5.29. The highest BCUT2D eigenvalue weighted by Crippen LogP contribution is 2.46. The van der Waals surface area contributed by atoms with E-state index < -0.39 is 0 Å². The molecule has 1 N–H and O–H groups in total. The molecule has 5 nitrogen and oxygen atoms in total. The van der Waals surface area contributed by atoms with E-state index in [4.69, 9.17) is 9.84 Å². The third kappa shape index (κ3) is 3.70. The van der Waals surface area contributed by atoms with Gasteiger partial charge in [0.05, 0.1) is 29.5 Å². The van der Waals surface area contributed by atoms with E-state index in [-0.39, 0.29) is 11.2 Å². The summed E-state index contributed by atoms with van der Waals surface area (Å²) in [5.74, 6) is 1.87. The number of rotatable bonds is 4. The lowest BCUT2D eigenvalue weighted by Gasteiger charge is -2.16. The van der Waals surface area contributed by atoms with Crippen LogP contribution in [0.25, 0.3) is 16.9 Å². The Balaban J connectivity index is 1.75. The maximum Gasteiger partial charge on any atom is 0.235 e. The number of benzene rings is 3. The quantitative estimate of drug-likeness (QED) is 0.479. The summed E-state index contributed by atoms with van der Waals surface area (Å²) in [4.78, 5) is 12.7. The van der Waals surface area contributed by atoms with Gasteiger partial charge in [-0.3, -0.25) is 4.79 Å². The molecule has 0 saturated heterocycles. The number of nitrogens with zero attached hydrogens (tertiary/aromatic N) is 2. The van der Waals surface area contributed by atoms with Gasteiger partial charge in [0.15, 0.2) is 0 Å². The number of fused-ring (bicyclic) bond motifs is 1. The predicted octanol–water partition coefficient (Wildman–Crippen LogP) is 5.32. The smallest absolute Gasteiger partial charge is 0.235 e. The number of para-hydroxylation sites is 1. The molecular formula is C25H21N3O2S. The number of methoxy groups -OCH3 is 1. The van der Waals surface area contributed by atoms with Gasteiger partial charge in [0.1, 0.15) is 11.6 Å². The minimum Gasteiger partial charge on any atom is -0.497 e. The van der Waals surface area contributed by atoms with Crippen molar-refractivity contribution in [3.8, 4) is 22.7 Å². The van der Waals surface area contributed by atoms with Gasteiger partial charge in [-0.15, -0.1) is 11.8 Å². The highest BCUT2D eigenvalue weighted by Gasteiger charge is 2.32. The number of anilines is 1. The molecule has 0 bridgehead atoms. The van der Waals surface area contributed by atoms with E-state index in [2.05, 4.69) is 29.6 Å². The van der Waals surface area contributed by atoms with Crippen LogP contribution in [0.4, 0.5) is 5.82 Å². The highest BCUT2D eigenvalue weighted by atomic mass is 32.2. The van der Waals surface area contributed by atoms with Crippen LogP contribution in [0, 0.1) is 0 Å². The van der Waals surface area contributed by atoms with Gasteiger partial charge in [-0.1, -0.05) is 60.7 Å². The molecule has 1 aromatic heterocycles. The number of hydrogen-bond acceptors (Lipinski definition) is 4. The average molecular weight is 428 g/mol. The molecular weight excluding hydrogens is 406 g/mol. The monoisotopic (exact) mass is 427 g/mol. The average Bonchev–Trinajstić information content (AvgIpc) is 3.10. The van der Waals surface area contributed by atoms with E-state index >= 15 is 0 Å². The zero-order valence-corrected chi connectivity index (χ0v) is 17.8. The summed E-state index contributed by atoms with van der Waals surface area (Å²) >= 11 is 1.61. The fourth-order valence-corrected chi connectivity index (χ4v) is 4.95. The molecule has 1 aliphatic heterocycles. The number of thioether (sulfide) groups is 1. The van der Waals surface area contributed by atoms with Crippen molar-refractivity contribution in [2.45, 2.75) is 5.25 Å². The first kappa shape index (κ1) is 19.5. The molecule has 1 aliphatic rings. The number of carbonyl (C=O) groups is 1. The van der Waals surface area contributed by atoms with Crippen LogP contribution < -0.4 is 10.1 Å². The van der Waals surface area contributed by atoms with Gasteiger partial charge >= 0.3 is 0 Å². The van der Waals surface area contributed by atoms with Gasteiger partial charge in [0.25, 0.3) is 0 Å². The fraction of sp³-hybridized carbons (Fsp3) is 0.120. The van der Waals surface area contributed by atoms with Crippen LogP contribution >= 0.6 is 11.8 Å². The fourth-order valence-electron chi connectivity index (χ4n) is 3.82. The number of hydrogen-bond donors (Lipinski definition) is 1. The normalized spacial score (nSPS) is 15.6. The number of ether oxygens (including phenoxy) is 1. The predicted molar refractivity (Wildman–Crippen MR) is 125 cm³/mol. The van der Waals surface area contributed by atoms with E-state index in [9.17, 15) is 4.79 Å². The van der Waals surface area contributed by atoms with E-state index in [1.165, 1.54) is 0 Å². The van der Waals surface area contributed by atoms with Crippen LogP contribution in [0.3, 0.4) is 0 Å². The zero-order chi connectivity index (χ0) is 21.2. The lowest BCUT2D eigenvalue weighted by Crippen LogP contribution is -2.15. The topological polar surface area (TPSA) is 56.1 Å². The van der Waals surface area contributed by atoms with Crippen LogP contribution in [0.2, 0.25) is 0 Å². The number of nitrogens with one attached hydrogen (secondary N) is 1. The molecule has 4 aromatic rings. The van der Waals surface area contributed by atoms with E-state index in [0.717, 1.165) is 39.6 Å². The Morgan fingerprint density at radius 3 is 2.32 bits per heavy atom. The maximum atomic E-state index is 12.7. The van der Waals surface area contributed by atoms with Gasteiger partial charge < -0.3 is 10.1 Å². The summed E-state index contributed by atoms with van der Waals surface area (Å²) in [6.07, 6.45) is 0. The van der Waals surface area contributed by atoms with Crippen molar-refractivity contribution >= 4 is 23.5 Å². The summed E-state index contributed by atoms with van der Waals surface area (Å²) in [7, 11) is 1.66. The van der Waals surface area contributed by atoms with Gasteiger partial charge in [-0.05, 0) is 29.8 Å². The zero-order valence-electron chi connectivity index (χ0n) is 17.0. The molecule has 0 unspecified atom stereocenters. The molecule has 0 saturated carbocycles. The Morgan fingerprint density at radius 2 is 1.65 bits per heavy atom. The summed E-state index contributed by atoms with van der Waals surface area (Å²) < 4.78 is 7.18. The van der Waals surface area contributed by atoms with Crippen LogP contribution in [-0.4, -0.2) is 28.6 Å². The number of amides is 1. The molecule has 5 rings (SSSR count). The first-order chi connectivity index (χ1) is 15.2. The van der Waals surface area contributed by atoms with E-state index in [0.29, 0.717) is 5.75 Å². The summed E-state index contributed by atoms with van der Waals surface area (Å²) in [6.45, 7) is 0. The van der Waals surface area contributed by atoms with Crippen LogP contribution in [0.5, 0.6) is 5.75 Å². The minimum absolute atomic E-state index is 0.0287. The van der Waals surface area contributed by atoms with Crippen LogP contribution in [0.15, 0.2) is 84.9 Å². The van der Waals surface area contributed by atoms with Gasteiger partial charge in [-0.25, -0.2) is 4.68 Å². The minimum atomic E-state index is -0.0486. The van der Waals surface area contributed by atoms with Crippen molar-refractivity contribution in [1.29, 1.82) is 0 Å². The Kier molecular flexibility index (Phi) is 5.22. The second kappa shape index (κ2) is 8.32. The maximum absolute atomic E-state index is 12.7. The van der Waals surface area contributed by atoms with Crippen LogP contribution in [-0.2, 0) is 4.79 Å². The molecule has 0 fully saturated rings. The molecule has 3 aromatic carbocycles. The third-order valence-corrected chi connectivity index (χ3v) is 6.56. The van der Waals surface area contributed by atoms with Crippen molar-refractivity contribution in [2.75, 3.05) is 18.2 Å².